The van der Waals surface area contributed by atoms with Crippen molar-refractivity contribution in [2.24, 2.45) is 5.92 Å². The molecule has 1 unspecified atom stereocenters. The second-order valence-corrected chi connectivity index (χ2v) is 9.31. The number of benzene rings is 2. The lowest BCUT2D eigenvalue weighted by Gasteiger charge is -2.29. The summed E-state index contributed by atoms with van der Waals surface area (Å²) >= 11 is 1.70. The topological polar surface area (TPSA) is 49.9 Å². The molecule has 1 amide bonds. The van der Waals surface area contributed by atoms with Crippen LogP contribution in [0.1, 0.15) is 40.7 Å². The Kier molecular flexibility index (Phi) is 8.09. The number of hydrogen-bond acceptors (Lipinski definition) is 5. The minimum absolute atomic E-state index is 0.0593. The average molecular weight is 445 g/mol. The number of nitrogens with zero attached hydrogens (tertiary/aromatic N) is 2. The predicted octanol–water partition coefficient (Wildman–Crippen LogP) is 4.34. The van der Waals surface area contributed by atoms with Gasteiger partial charge >= 0.3 is 5.97 Å². The van der Waals surface area contributed by atoms with Crippen LogP contribution in [0.5, 0.6) is 0 Å². The molecule has 1 atom stereocenters. The standard InChI is InChI=1S/C24H29FN2O3S/c1-17(2)14-26(15-18-5-4-6-20(13-18)24(29)30-3)16-22(28)27-11-12-31-23(27)19-7-9-21(25)10-8-19/h4-10,13,17,23H,11-12,14-16H2,1-3H3. The van der Waals surface area contributed by atoms with Crippen LogP contribution < -0.4 is 0 Å². The monoisotopic (exact) mass is 444 g/mol. The minimum Gasteiger partial charge on any atom is -0.465 e. The van der Waals surface area contributed by atoms with E-state index in [0.29, 0.717) is 31.1 Å². The summed E-state index contributed by atoms with van der Waals surface area (Å²) in [5, 5.41) is -0.0864. The molecule has 2 aromatic rings. The molecule has 2 aromatic carbocycles. The van der Waals surface area contributed by atoms with Gasteiger partial charge in [-0.15, -0.1) is 11.8 Å². The van der Waals surface area contributed by atoms with E-state index in [2.05, 4.69) is 18.7 Å². The highest BCUT2D eigenvalue weighted by atomic mass is 32.2. The predicted molar refractivity (Wildman–Crippen MR) is 121 cm³/mol. The number of ether oxygens (including phenoxy) is 1. The van der Waals surface area contributed by atoms with Gasteiger partial charge in [-0.05, 0) is 41.3 Å². The van der Waals surface area contributed by atoms with Crippen molar-refractivity contribution >= 4 is 23.6 Å². The molecule has 0 radical (unpaired) electrons. The molecule has 0 bridgehead atoms. The van der Waals surface area contributed by atoms with E-state index in [4.69, 9.17) is 4.74 Å². The first kappa shape index (κ1) is 23.3. The Labute approximate surface area is 187 Å². The first-order valence-corrected chi connectivity index (χ1v) is 11.5. The van der Waals surface area contributed by atoms with Gasteiger partial charge in [-0.3, -0.25) is 9.69 Å². The van der Waals surface area contributed by atoms with Crippen molar-refractivity contribution < 1.29 is 18.7 Å². The van der Waals surface area contributed by atoms with Gasteiger partial charge in [0.25, 0.3) is 0 Å². The van der Waals surface area contributed by atoms with Crippen molar-refractivity contribution in [1.82, 2.24) is 9.80 Å². The molecule has 0 spiro atoms. The van der Waals surface area contributed by atoms with Gasteiger partial charge in [0.15, 0.2) is 0 Å². The molecule has 31 heavy (non-hydrogen) atoms. The molecule has 1 aliphatic heterocycles. The molecule has 7 heteroatoms. The number of esters is 1. The molecule has 0 saturated carbocycles. The van der Waals surface area contributed by atoms with Crippen molar-refractivity contribution in [3.63, 3.8) is 0 Å². The molecular formula is C24H29FN2O3S. The fourth-order valence-electron chi connectivity index (χ4n) is 3.79. The summed E-state index contributed by atoms with van der Waals surface area (Å²) in [6.45, 7) is 6.54. The molecule has 0 N–H and O–H groups in total. The van der Waals surface area contributed by atoms with Crippen LogP contribution in [0, 0.1) is 11.7 Å². The van der Waals surface area contributed by atoms with Crippen LogP contribution in [0.3, 0.4) is 0 Å². The minimum atomic E-state index is -0.371. The Balaban J connectivity index is 1.72. The SMILES string of the molecule is COC(=O)c1cccc(CN(CC(=O)N2CCSC2c2ccc(F)cc2)CC(C)C)c1. The molecule has 1 aliphatic rings. The lowest BCUT2D eigenvalue weighted by Crippen LogP contribution is -2.41. The van der Waals surface area contributed by atoms with Crippen LogP contribution in [0.2, 0.25) is 0 Å². The Morgan fingerprint density at radius 2 is 1.97 bits per heavy atom. The van der Waals surface area contributed by atoms with Gasteiger partial charge in [-0.25, -0.2) is 9.18 Å². The summed E-state index contributed by atoms with van der Waals surface area (Å²) in [4.78, 5) is 29.1. The van der Waals surface area contributed by atoms with E-state index < -0.39 is 0 Å². The lowest BCUT2D eigenvalue weighted by molar-refractivity contribution is -0.132. The first-order chi connectivity index (χ1) is 14.9. The maximum Gasteiger partial charge on any atom is 0.337 e. The zero-order valence-electron chi connectivity index (χ0n) is 18.2. The highest BCUT2D eigenvalue weighted by molar-refractivity contribution is 7.99. The highest BCUT2D eigenvalue weighted by Crippen LogP contribution is 2.38. The van der Waals surface area contributed by atoms with Crippen molar-refractivity contribution in [2.75, 3.05) is 32.5 Å². The number of methoxy groups -OCH3 is 1. The van der Waals surface area contributed by atoms with E-state index in [9.17, 15) is 14.0 Å². The Morgan fingerprint density at radius 3 is 2.65 bits per heavy atom. The molecule has 0 aromatic heterocycles. The lowest BCUT2D eigenvalue weighted by atomic mass is 10.1. The molecule has 5 nitrogen and oxygen atoms in total. The highest BCUT2D eigenvalue weighted by Gasteiger charge is 2.31. The average Bonchev–Trinajstić information content (AvgIpc) is 3.23. The van der Waals surface area contributed by atoms with Gasteiger partial charge in [0.2, 0.25) is 5.91 Å². The summed E-state index contributed by atoms with van der Waals surface area (Å²) in [7, 11) is 1.37. The summed E-state index contributed by atoms with van der Waals surface area (Å²) < 4.78 is 18.1. The van der Waals surface area contributed by atoms with E-state index in [1.165, 1.54) is 19.2 Å². The number of amides is 1. The van der Waals surface area contributed by atoms with E-state index in [1.54, 1.807) is 30.0 Å². The van der Waals surface area contributed by atoms with Crippen LogP contribution in [0.4, 0.5) is 4.39 Å². The van der Waals surface area contributed by atoms with Gasteiger partial charge < -0.3 is 9.64 Å². The molecule has 1 heterocycles. The fraction of sp³-hybridized carbons (Fsp3) is 0.417. The molecule has 1 saturated heterocycles. The molecule has 1 fully saturated rings. The first-order valence-electron chi connectivity index (χ1n) is 10.4. The number of thioether (sulfide) groups is 1. The third-order valence-corrected chi connectivity index (χ3v) is 6.36. The van der Waals surface area contributed by atoms with Crippen LogP contribution in [0.25, 0.3) is 0 Å². The van der Waals surface area contributed by atoms with Crippen LogP contribution in [-0.4, -0.2) is 54.2 Å². The Hall–Kier alpha value is -2.38. The normalized spacial score (nSPS) is 16.2. The van der Waals surface area contributed by atoms with Crippen LogP contribution in [0.15, 0.2) is 48.5 Å². The maximum absolute atomic E-state index is 13.3. The molecule has 0 aliphatic carbocycles. The van der Waals surface area contributed by atoms with Gasteiger partial charge in [0.05, 0.1) is 19.2 Å². The summed E-state index contributed by atoms with van der Waals surface area (Å²) in [6, 6.07) is 13.7. The summed E-state index contributed by atoms with van der Waals surface area (Å²) in [5.74, 6) is 0.659. The molecule has 3 rings (SSSR count). The van der Waals surface area contributed by atoms with E-state index in [1.807, 2.05) is 23.1 Å². The van der Waals surface area contributed by atoms with Crippen molar-refractivity contribution in [3.05, 3.63) is 71.0 Å². The summed E-state index contributed by atoms with van der Waals surface area (Å²) in [6.07, 6.45) is 0. The van der Waals surface area contributed by atoms with Crippen LogP contribution in [-0.2, 0) is 16.1 Å². The number of rotatable bonds is 8. The Bertz CT molecular complexity index is 904. The molecule has 166 valence electrons. The van der Waals surface area contributed by atoms with Crippen molar-refractivity contribution in [2.45, 2.75) is 25.8 Å². The van der Waals surface area contributed by atoms with E-state index in [0.717, 1.165) is 23.4 Å². The van der Waals surface area contributed by atoms with E-state index in [-0.39, 0.29) is 23.1 Å². The number of halogens is 1. The van der Waals surface area contributed by atoms with Crippen molar-refractivity contribution in [1.29, 1.82) is 0 Å². The van der Waals surface area contributed by atoms with Gasteiger partial charge in [0.1, 0.15) is 11.2 Å². The number of carbonyl (C=O) groups is 2. The number of carbonyl (C=O) groups excluding carboxylic acids is 2. The van der Waals surface area contributed by atoms with Crippen molar-refractivity contribution in [3.8, 4) is 0 Å². The van der Waals surface area contributed by atoms with E-state index >= 15 is 0 Å². The summed E-state index contributed by atoms with van der Waals surface area (Å²) in [5.41, 5.74) is 2.41. The third-order valence-electron chi connectivity index (χ3n) is 5.10. The number of hydrogen-bond donors (Lipinski definition) is 0. The fourth-order valence-corrected chi connectivity index (χ4v) is 5.06. The quantitative estimate of drug-likeness (QED) is 0.567. The zero-order valence-corrected chi connectivity index (χ0v) is 19.0. The smallest absolute Gasteiger partial charge is 0.337 e. The maximum atomic E-state index is 13.3. The largest absolute Gasteiger partial charge is 0.465 e. The van der Waals surface area contributed by atoms with Gasteiger partial charge in [0, 0.05) is 25.4 Å². The van der Waals surface area contributed by atoms with Crippen LogP contribution >= 0.6 is 11.8 Å². The Morgan fingerprint density at radius 1 is 1.23 bits per heavy atom. The third kappa shape index (κ3) is 6.31. The van der Waals surface area contributed by atoms with Gasteiger partial charge in [-0.2, -0.15) is 0 Å². The zero-order chi connectivity index (χ0) is 22.4. The second kappa shape index (κ2) is 10.8. The second-order valence-electron chi connectivity index (χ2n) is 8.12. The molecular weight excluding hydrogens is 415 g/mol. The van der Waals surface area contributed by atoms with Gasteiger partial charge in [-0.1, -0.05) is 38.1 Å².